The van der Waals surface area contributed by atoms with Crippen molar-refractivity contribution in [1.82, 2.24) is 9.88 Å². The number of hydrogen-bond acceptors (Lipinski definition) is 5. The van der Waals surface area contributed by atoms with Gasteiger partial charge >= 0.3 is 0 Å². The van der Waals surface area contributed by atoms with E-state index in [4.69, 9.17) is 4.98 Å². The summed E-state index contributed by atoms with van der Waals surface area (Å²) in [5.74, 6) is 0.428. The molecule has 2 unspecified atom stereocenters. The Morgan fingerprint density at radius 3 is 2.85 bits per heavy atom. The summed E-state index contributed by atoms with van der Waals surface area (Å²) in [5, 5.41) is 10.7. The molecule has 0 bridgehead atoms. The topological polar surface area (TPSA) is 39.6 Å². The van der Waals surface area contributed by atoms with Gasteiger partial charge < -0.3 is 14.9 Å². The summed E-state index contributed by atoms with van der Waals surface area (Å²) in [5.41, 5.74) is 1.10. The van der Waals surface area contributed by atoms with Gasteiger partial charge in [-0.25, -0.2) is 4.98 Å². The molecule has 0 amide bonds. The maximum absolute atomic E-state index is 9.57. The summed E-state index contributed by atoms with van der Waals surface area (Å²) < 4.78 is 0. The van der Waals surface area contributed by atoms with Crippen molar-refractivity contribution in [2.45, 2.75) is 51.7 Å². The summed E-state index contributed by atoms with van der Waals surface area (Å²) in [6, 6.07) is 0.562. The van der Waals surface area contributed by atoms with E-state index in [1.165, 1.54) is 12.8 Å². The number of nitrogens with zero attached hydrogens (tertiary/aromatic N) is 3. The van der Waals surface area contributed by atoms with Gasteiger partial charge in [-0.05, 0) is 39.3 Å². The molecule has 0 radical (unpaired) electrons. The number of anilines is 1. The third-order valence-corrected chi connectivity index (χ3v) is 5.23. The molecule has 2 rings (SSSR count). The van der Waals surface area contributed by atoms with E-state index in [-0.39, 0.29) is 6.61 Å². The third kappa shape index (κ3) is 3.32. The van der Waals surface area contributed by atoms with E-state index in [9.17, 15) is 5.11 Å². The predicted octanol–water partition coefficient (Wildman–Crippen LogP) is 2.68. The second kappa shape index (κ2) is 6.87. The van der Waals surface area contributed by atoms with Crippen LogP contribution in [-0.4, -0.2) is 48.2 Å². The first-order valence-corrected chi connectivity index (χ1v) is 8.40. The van der Waals surface area contributed by atoms with E-state index < -0.39 is 0 Å². The van der Waals surface area contributed by atoms with Crippen LogP contribution in [0.3, 0.4) is 0 Å². The van der Waals surface area contributed by atoms with E-state index >= 15 is 0 Å². The Kier molecular flexibility index (Phi) is 5.41. The first kappa shape index (κ1) is 15.7. The minimum Gasteiger partial charge on any atom is -0.391 e. The van der Waals surface area contributed by atoms with Crippen molar-refractivity contribution in [3.05, 3.63) is 10.6 Å². The molecule has 1 fully saturated rings. The summed E-state index contributed by atoms with van der Waals surface area (Å²) in [6.07, 6.45) is 3.55. The molecule has 0 saturated carbocycles. The molecule has 1 N–H and O–H groups in total. The van der Waals surface area contributed by atoms with Crippen LogP contribution in [0.1, 0.15) is 49.6 Å². The first-order valence-electron chi connectivity index (χ1n) is 7.58. The highest BCUT2D eigenvalue weighted by molar-refractivity contribution is 7.15. The van der Waals surface area contributed by atoms with Gasteiger partial charge in [0, 0.05) is 19.1 Å². The maximum atomic E-state index is 9.57. The van der Waals surface area contributed by atoms with Crippen LogP contribution < -0.4 is 4.90 Å². The van der Waals surface area contributed by atoms with Gasteiger partial charge in [0.05, 0.1) is 17.2 Å². The quantitative estimate of drug-likeness (QED) is 0.876. The van der Waals surface area contributed by atoms with Gasteiger partial charge in [-0.3, -0.25) is 0 Å². The number of likely N-dealkylation sites (N-methyl/N-ethyl adjacent to an activating group) is 1. The Morgan fingerprint density at radius 1 is 1.50 bits per heavy atom. The van der Waals surface area contributed by atoms with E-state index in [0.29, 0.717) is 12.0 Å². The van der Waals surface area contributed by atoms with Crippen LogP contribution in [0, 0.1) is 0 Å². The molecule has 4 nitrogen and oxygen atoms in total. The van der Waals surface area contributed by atoms with Crippen LogP contribution in [0.5, 0.6) is 0 Å². The van der Waals surface area contributed by atoms with E-state index in [1.807, 2.05) is 0 Å². The highest BCUT2D eigenvalue weighted by Crippen LogP contribution is 2.35. The highest BCUT2D eigenvalue weighted by atomic mass is 32.1. The van der Waals surface area contributed by atoms with Crippen molar-refractivity contribution < 1.29 is 5.11 Å². The van der Waals surface area contributed by atoms with Crippen LogP contribution in [0.4, 0.5) is 5.13 Å². The van der Waals surface area contributed by atoms with Crippen LogP contribution in [-0.2, 0) is 6.61 Å². The third-order valence-electron chi connectivity index (χ3n) is 4.14. The van der Waals surface area contributed by atoms with E-state index in [2.05, 4.69) is 37.7 Å². The van der Waals surface area contributed by atoms with Crippen molar-refractivity contribution in [3.8, 4) is 0 Å². The summed E-state index contributed by atoms with van der Waals surface area (Å²) >= 11 is 1.68. The Balaban J connectivity index is 2.21. The molecule has 114 valence electrons. The molecule has 2 atom stereocenters. The van der Waals surface area contributed by atoms with Gasteiger partial charge in [0.1, 0.15) is 0 Å². The highest BCUT2D eigenvalue weighted by Gasteiger charge is 2.28. The fourth-order valence-electron chi connectivity index (χ4n) is 2.86. The minimum absolute atomic E-state index is 0.115. The lowest BCUT2D eigenvalue weighted by Gasteiger charge is -2.26. The van der Waals surface area contributed by atoms with Crippen LogP contribution in [0.2, 0.25) is 0 Å². The zero-order chi connectivity index (χ0) is 14.7. The normalized spacial score (nSPS) is 20.9. The maximum Gasteiger partial charge on any atom is 0.186 e. The molecule has 0 spiro atoms. The lowest BCUT2D eigenvalue weighted by atomic mass is 10.0. The Labute approximate surface area is 126 Å². The van der Waals surface area contributed by atoms with Crippen molar-refractivity contribution in [3.63, 3.8) is 0 Å². The van der Waals surface area contributed by atoms with Crippen molar-refractivity contribution in [1.29, 1.82) is 0 Å². The van der Waals surface area contributed by atoms with Crippen molar-refractivity contribution >= 4 is 16.5 Å². The summed E-state index contributed by atoms with van der Waals surface area (Å²) in [4.78, 5) is 10.6. The molecule has 2 heterocycles. The lowest BCUT2D eigenvalue weighted by Crippen LogP contribution is -2.37. The summed E-state index contributed by atoms with van der Waals surface area (Å²) in [7, 11) is 4.25. The number of aliphatic hydroxyl groups is 1. The number of rotatable bonds is 6. The SMILES string of the molecule is CCC(C)c1nc(N2CCCC2CN(C)C)sc1CO. The second-order valence-corrected chi connectivity index (χ2v) is 7.09. The lowest BCUT2D eigenvalue weighted by molar-refractivity contribution is 0.283. The molecule has 5 heteroatoms. The molecule has 1 aromatic heterocycles. The average Bonchev–Trinajstić information content (AvgIpc) is 3.02. The molecule has 1 aromatic rings. The van der Waals surface area contributed by atoms with Gasteiger partial charge in [-0.2, -0.15) is 0 Å². The first-order chi connectivity index (χ1) is 9.56. The monoisotopic (exact) mass is 297 g/mol. The fraction of sp³-hybridized carbons (Fsp3) is 0.800. The number of thiazole rings is 1. The van der Waals surface area contributed by atoms with Gasteiger partial charge in [-0.15, -0.1) is 0 Å². The fourth-order valence-corrected chi connectivity index (χ4v) is 4.00. The predicted molar refractivity (Wildman–Crippen MR) is 85.7 cm³/mol. The molecular weight excluding hydrogens is 270 g/mol. The van der Waals surface area contributed by atoms with Crippen molar-refractivity contribution in [2.75, 3.05) is 32.1 Å². The summed E-state index contributed by atoms with van der Waals surface area (Å²) in [6.45, 7) is 6.65. The minimum atomic E-state index is 0.115. The average molecular weight is 297 g/mol. The number of aromatic nitrogens is 1. The Bertz CT molecular complexity index is 433. The van der Waals surface area contributed by atoms with Crippen molar-refractivity contribution in [2.24, 2.45) is 0 Å². The molecule has 20 heavy (non-hydrogen) atoms. The zero-order valence-electron chi connectivity index (χ0n) is 13.1. The zero-order valence-corrected chi connectivity index (χ0v) is 13.9. The largest absolute Gasteiger partial charge is 0.391 e. The van der Waals surface area contributed by atoms with Crippen LogP contribution in [0.15, 0.2) is 0 Å². The molecule has 0 aliphatic carbocycles. The molecule has 1 aliphatic heterocycles. The molecule has 1 saturated heterocycles. The van der Waals surface area contributed by atoms with Gasteiger partial charge in [0.2, 0.25) is 0 Å². The van der Waals surface area contributed by atoms with Crippen LogP contribution >= 0.6 is 11.3 Å². The number of aliphatic hydroxyl groups excluding tert-OH is 1. The second-order valence-electron chi connectivity index (χ2n) is 6.02. The molecular formula is C15H27N3OS. The van der Waals surface area contributed by atoms with E-state index in [1.54, 1.807) is 11.3 Å². The molecule has 1 aliphatic rings. The van der Waals surface area contributed by atoms with Gasteiger partial charge in [0.15, 0.2) is 5.13 Å². The van der Waals surface area contributed by atoms with Gasteiger partial charge in [-0.1, -0.05) is 25.2 Å². The van der Waals surface area contributed by atoms with Gasteiger partial charge in [0.25, 0.3) is 0 Å². The smallest absolute Gasteiger partial charge is 0.186 e. The Morgan fingerprint density at radius 2 is 2.25 bits per heavy atom. The standard InChI is InChI=1S/C15H27N3OS/c1-5-11(2)14-13(10-19)20-15(16-14)18-8-6-7-12(18)9-17(3)4/h11-12,19H,5-10H2,1-4H3. The van der Waals surface area contributed by atoms with E-state index in [0.717, 1.165) is 35.2 Å². The number of hydrogen-bond donors (Lipinski definition) is 1. The molecule has 0 aromatic carbocycles. The Hall–Kier alpha value is -0.650. The van der Waals surface area contributed by atoms with Crippen LogP contribution in [0.25, 0.3) is 0 Å².